The highest BCUT2D eigenvalue weighted by molar-refractivity contribution is 7.51. The Labute approximate surface area is 191 Å². The number of hydrogen-bond donors (Lipinski definition) is 3. The first kappa shape index (κ1) is 28.5. The first-order valence-electron chi connectivity index (χ1n) is 11.5. The molecule has 0 unspecified atom stereocenters. The Hall–Kier alpha value is -1.58. The molecule has 2 rings (SSSR count). The van der Waals surface area contributed by atoms with Crippen molar-refractivity contribution in [2.45, 2.75) is 78.9 Å². The molecule has 0 saturated carbocycles. The van der Waals surface area contributed by atoms with Crippen LogP contribution in [0.15, 0.2) is 12.7 Å². The molecule has 2 aromatic heterocycles. The van der Waals surface area contributed by atoms with Gasteiger partial charge in [-0.25, -0.2) is 15.0 Å². The quantitative estimate of drug-likeness (QED) is 0.352. The van der Waals surface area contributed by atoms with Gasteiger partial charge in [0.25, 0.3) is 0 Å². The van der Waals surface area contributed by atoms with Gasteiger partial charge in [0.1, 0.15) is 18.2 Å². The molecule has 0 aromatic carbocycles. The largest absolute Gasteiger partial charge is 0.382 e. The van der Waals surface area contributed by atoms with E-state index < -0.39 is 20.0 Å². The van der Waals surface area contributed by atoms with Crippen molar-refractivity contribution in [2.75, 3.05) is 31.7 Å². The molecule has 0 amide bonds. The molecular weight excluding hydrogens is 431 g/mol. The fourth-order valence-corrected chi connectivity index (χ4v) is 3.52. The average molecular weight is 473 g/mol. The normalized spacial score (nSPS) is 12.7. The van der Waals surface area contributed by atoms with Crippen LogP contribution in [0.25, 0.3) is 11.2 Å². The summed E-state index contributed by atoms with van der Waals surface area (Å²) < 4.78 is 17.5. The van der Waals surface area contributed by atoms with Gasteiger partial charge in [-0.1, -0.05) is 40.0 Å². The van der Waals surface area contributed by atoms with Crippen LogP contribution in [0.4, 0.5) is 5.82 Å². The van der Waals surface area contributed by atoms with Gasteiger partial charge in [0.15, 0.2) is 11.5 Å². The van der Waals surface area contributed by atoms with Crippen molar-refractivity contribution >= 4 is 24.6 Å². The molecule has 0 aliphatic carbocycles. The number of ether oxygens (including phenoxy) is 1. The van der Waals surface area contributed by atoms with Crippen LogP contribution in [0.5, 0.6) is 0 Å². The first-order valence-corrected chi connectivity index (χ1v) is 13.3. The van der Waals surface area contributed by atoms with Crippen LogP contribution < -0.4 is 5.73 Å². The van der Waals surface area contributed by atoms with Crippen molar-refractivity contribution in [3.05, 3.63) is 12.7 Å². The van der Waals surface area contributed by atoms with Crippen molar-refractivity contribution in [1.29, 1.82) is 0 Å². The summed E-state index contributed by atoms with van der Waals surface area (Å²) in [5.74, 6) is 0.285. The van der Waals surface area contributed by atoms with Gasteiger partial charge in [0.05, 0.1) is 19.0 Å². The minimum absolute atomic E-state index is 0.285. The van der Waals surface area contributed by atoms with E-state index in [-0.39, 0.29) is 5.82 Å². The number of nitrogens with two attached hydrogens (primary N) is 1. The van der Waals surface area contributed by atoms with Gasteiger partial charge in [0, 0.05) is 0 Å². The average Bonchev–Trinajstić information content (AvgIpc) is 3.16. The number of nitrogen functional groups attached to an aromatic ring is 1. The number of imidazole rings is 1. The molecular formula is C21H41N6O4P. The van der Waals surface area contributed by atoms with Gasteiger partial charge < -0.3 is 29.7 Å². The Balaban J connectivity index is 0.000000347. The Morgan fingerprint density at radius 3 is 2.12 bits per heavy atom. The third-order valence-corrected chi connectivity index (χ3v) is 5.38. The molecule has 4 N–H and O–H groups in total. The highest BCUT2D eigenvalue weighted by Gasteiger charge is 2.17. The Morgan fingerprint density at radius 1 is 1.06 bits per heavy atom. The van der Waals surface area contributed by atoms with Gasteiger partial charge in [-0.05, 0) is 45.8 Å². The van der Waals surface area contributed by atoms with E-state index in [1.807, 2.05) is 0 Å². The van der Waals surface area contributed by atoms with E-state index in [0.717, 1.165) is 0 Å². The van der Waals surface area contributed by atoms with Crippen LogP contribution >= 0.6 is 7.60 Å². The molecule has 0 spiro atoms. The molecule has 32 heavy (non-hydrogen) atoms. The summed E-state index contributed by atoms with van der Waals surface area (Å²) in [6.45, 7) is 12.8. The molecule has 11 heteroatoms. The van der Waals surface area contributed by atoms with E-state index in [1.165, 1.54) is 70.8 Å². The van der Waals surface area contributed by atoms with Crippen molar-refractivity contribution in [2.24, 2.45) is 0 Å². The van der Waals surface area contributed by atoms with Gasteiger partial charge in [-0.3, -0.25) is 4.57 Å². The Morgan fingerprint density at radius 2 is 1.62 bits per heavy atom. The zero-order chi connectivity index (χ0) is 24.0. The maximum absolute atomic E-state index is 10.7. The smallest absolute Gasteiger partial charge is 0.350 e. The number of unbranched alkanes of at least 4 members (excludes halogenated alkanes) is 3. The number of aromatic nitrogens is 4. The number of rotatable bonds is 14. The molecule has 0 aliphatic rings. The number of nitrogens with zero attached hydrogens (tertiary/aromatic N) is 5. The highest BCUT2D eigenvalue weighted by Crippen LogP contribution is 2.34. The molecule has 2 heterocycles. The predicted octanol–water partition coefficient (Wildman–Crippen LogP) is 3.64. The Kier molecular flexibility index (Phi) is 13.6. The van der Waals surface area contributed by atoms with Crippen LogP contribution in [0, 0.1) is 0 Å². The van der Waals surface area contributed by atoms with E-state index >= 15 is 0 Å². The molecule has 0 bridgehead atoms. The zero-order valence-electron chi connectivity index (χ0n) is 20.0. The van der Waals surface area contributed by atoms with Crippen LogP contribution in [0.2, 0.25) is 0 Å². The highest BCUT2D eigenvalue weighted by atomic mass is 31.2. The summed E-state index contributed by atoms with van der Waals surface area (Å²) in [6, 6.07) is 0. The summed E-state index contributed by atoms with van der Waals surface area (Å²) in [7, 11) is -4.16. The number of fused-ring (bicyclic) bond motifs is 1. The lowest BCUT2D eigenvalue weighted by molar-refractivity contribution is 0.0764. The lowest BCUT2D eigenvalue weighted by Crippen LogP contribution is -2.27. The lowest BCUT2D eigenvalue weighted by Gasteiger charge is -2.21. The molecule has 184 valence electrons. The zero-order valence-corrected chi connectivity index (χ0v) is 20.9. The summed E-state index contributed by atoms with van der Waals surface area (Å²) in [6.07, 6.45) is 9.94. The molecule has 2 aromatic rings. The predicted molar refractivity (Wildman–Crippen MR) is 128 cm³/mol. The second-order valence-electron chi connectivity index (χ2n) is 8.00. The number of hydrogen-bond acceptors (Lipinski definition) is 7. The maximum atomic E-state index is 10.7. The molecule has 0 fully saturated rings. The molecule has 1 atom stereocenters. The van der Waals surface area contributed by atoms with Gasteiger partial charge in [-0.2, -0.15) is 0 Å². The fourth-order valence-electron chi connectivity index (χ4n) is 3.07. The van der Waals surface area contributed by atoms with E-state index in [2.05, 4.69) is 40.6 Å². The summed E-state index contributed by atoms with van der Waals surface area (Å²) in [4.78, 5) is 32.1. The molecule has 0 radical (unpaired) electrons. The van der Waals surface area contributed by atoms with Crippen LogP contribution in [0.1, 0.15) is 66.2 Å². The van der Waals surface area contributed by atoms with Crippen molar-refractivity contribution in [1.82, 2.24) is 24.4 Å². The van der Waals surface area contributed by atoms with Gasteiger partial charge >= 0.3 is 7.60 Å². The maximum Gasteiger partial charge on any atom is 0.350 e. The summed E-state index contributed by atoms with van der Waals surface area (Å²) in [5.41, 5.74) is 6.70. The van der Waals surface area contributed by atoms with Crippen LogP contribution in [0.3, 0.4) is 0 Å². The van der Waals surface area contributed by atoms with E-state index in [9.17, 15) is 4.57 Å². The summed E-state index contributed by atoms with van der Waals surface area (Å²) >= 11 is 0. The lowest BCUT2D eigenvalue weighted by atomic mass is 10.2. The van der Waals surface area contributed by atoms with Gasteiger partial charge in [-0.15, -0.1) is 0 Å². The van der Waals surface area contributed by atoms with Crippen molar-refractivity contribution in [3.8, 4) is 0 Å². The van der Waals surface area contributed by atoms with Crippen LogP contribution in [-0.4, -0.2) is 66.3 Å². The van der Waals surface area contributed by atoms with Crippen molar-refractivity contribution in [3.63, 3.8) is 0 Å². The second-order valence-corrected chi connectivity index (χ2v) is 9.59. The van der Waals surface area contributed by atoms with Crippen LogP contribution in [-0.2, 0) is 15.8 Å². The Bertz CT molecular complexity index is 794. The monoisotopic (exact) mass is 472 g/mol. The van der Waals surface area contributed by atoms with Gasteiger partial charge in [0.2, 0.25) is 0 Å². The molecule has 0 aliphatic heterocycles. The minimum atomic E-state index is -4.16. The fraction of sp³-hybridized carbons (Fsp3) is 0.762. The van der Waals surface area contributed by atoms with E-state index in [0.29, 0.717) is 17.7 Å². The third kappa shape index (κ3) is 11.3. The second kappa shape index (κ2) is 15.3. The standard InChI is InChI=1S/C12H27N.C9H14N5O4P/c1-4-7-10-13(11-8-5-2)12-9-6-3;1-6(18-5-19(15,16)17)2-14-4-13-7-8(10)11-3-12-9(7)14/h4-12H2,1-3H3;3-4,6H,2,5H2,1H3,(H2,10,11,12)(H2,15,16,17)/t;6-/m.1/s1. The third-order valence-electron chi connectivity index (χ3n) is 4.89. The molecule has 10 nitrogen and oxygen atoms in total. The van der Waals surface area contributed by atoms with E-state index in [1.54, 1.807) is 11.5 Å². The minimum Gasteiger partial charge on any atom is -0.382 e. The SMILES string of the molecule is CCCCN(CCCC)CCCC.C[C@H](Cn1cnc2c(N)ncnc21)OCP(=O)(O)O. The van der Waals surface area contributed by atoms with E-state index in [4.69, 9.17) is 20.3 Å². The summed E-state index contributed by atoms with van der Waals surface area (Å²) in [5, 5.41) is 0. The first-order chi connectivity index (χ1) is 15.2. The topological polar surface area (TPSA) is 140 Å². The van der Waals surface area contributed by atoms with Crippen molar-refractivity contribution < 1.29 is 19.1 Å². The number of anilines is 1. The molecule has 0 saturated heterocycles.